The molecule has 0 aliphatic carbocycles. The number of aromatic nitrogens is 1. The molecule has 1 aromatic heterocycles. The topological polar surface area (TPSA) is 42.4 Å². The van der Waals surface area contributed by atoms with E-state index in [1.165, 1.54) is 0 Å². The summed E-state index contributed by atoms with van der Waals surface area (Å²) >= 11 is 0. The molecule has 1 amide bonds. The van der Waals surface area contributed by atoms with Gasteiger partial charge >= 0.3 is 6.09 Å². The van der Waals surface area contributed by atoms with Crippen LogP contribution in [0.15, 0.2) is 18.3 Å². The molecule has 1 aliphatic rings. The van der Waals surface area contributed by atoms with E-state index in [1.54, 1.807) is 11.1 Å². The van der Waals surface area contributed by atoms with Crippen molar-refractivity contribution < 1.29 is 9.53 Å². The van der Waals surface area contributed by atoms with Crippen molar-refractivity contribution in [1.29, 1.82) is 0 Å². The number of anilines is 1. The van der Waals surface area contributed by atoms with Gasteiger partial charge in [-0.25, -0.2) is 9.78 Å². The van der Waals surface area contributed by atoms with Crippen LogP contribution < -0.4 is 4.90 Å². The average molecular weight is 276 g/mol. The second kappa shape index (κ2) is 5.43. The highest BCUT2D eigenvalue weighted by molar-refractivity contribution is 5.90. The SMILES string of the molecule is CC(C)CC1Cc2cccnc2N1C(=O)OC(C)(C)C. The average Bonchev–Trinajstić information content (AvgIpc) is 2.63. The van der Waals surface area contributed by atoms with Crippen molar-refractivity contribution in [3.05, 3.63) is 23.9 Å². The molecule has 1 aromatic rings. The van der Waals surface area contributed by atoms with Gasteiger partial charge in [0.2, 0.25) is 0 Å². The van der Waals surface area contributed by atoms with Gasteiger partial charge in [-0.1, -0.05) is 19.9 Å². The van der Waals surface area contributed by atoms with E-state index in [9.17, 15) is 4.79 Å². The minimum Gasteiger partial charge on any atom is -0.443 e. The first kappa shape index (κ1) is 14.8. The van der Waals surface area contributed by atoms with Crippen LogP contribution in [-0.2, 0) is 11.2 Å². The maximum Gasteiger partial charge on any atom is 0.416 e. The van der Waals surface area contributed by atoms with Crippen LogP contribution in [0, 0.1) is 5.92 Å². The van der Waals surface area contributed by atoms with Crippen LogP contribution in [0.5, 0.6) is 0 Å². The van der Waals surface area contributed by atoms with Crippen LogP contribution in [0.3, 0.4) is 0 Å². The molecule has 0 saturated heterocycles. The lowest BCUT2D eigenvalue weighted by atomic mass is 10.0. The third kappa shape index (κ3) is 3.30. The molecule has 2 heterocycles. The molecule has 1 aliphatic heterocycles. The van der Waals surface area contributed by atoms with E-state index < -0.39 is 5.60 Å². The van der Waals surface area contributed by atoms with Gasteiger partial charge in [0.1, 0.15) is 11.4 Å². The Morgan fingerprint density at radius 3 is 2.80 bits per heavy atom. The molecule has 4 heteroatoms. The summed E-state index contributed by atoms with van der Waals surface area (Å²) in [6.07, 6.45) is 3.25. The first-order valence-corrected chi connectivity index (χ1v) is 7.24. The molecule has 20 heavy (non-hydrogen) atoms. The summed E-state index contributed by atoms with van der Waals surface area (Å²) in [6.45, 7) is 10.0. The number of hydrogen-bond donors (Lipinski definition) is 0. The summed E-state index contributed by atoms with van der Waals surface area (Å²) in [6, 6.07) is 4.11. The molecule has 0 bridgehead atoms. The van der Waals surface area contributed by atoms with E-state index in [-0.39, 0.29) is 12.1 Å². The van der Waals surface area contributed by atoms with Crippen molar-refractivity contribution >= 4 is 11.9 Å². The first-order valence-electron chi connectivity index (χ1n) is 7.24. The zero-order valence-electron chi connectivity index (χ0n) is 13.0. The Morgan fingerprint density at radius 1 is 1.50 bits per heavy atom. The Bertz CT molecular complexity index is 491. The summed E-state index contributed by atoms with van der Waals surface area (Å²) in [5.41, 5.74) is 0.640. The second-order valence-electron chi connectivity index (χ2n) is 6.82. The quantitative estimate of drug-likeness (QED) is 0.825. The predicted octanol–water partition coefficient (Wildman–Crippen LogP) is 3.79. The number of ether oxygens (including phenoxy) is 1. The van der Waals surface area contributed by atoms with E-state index in [1.807, 2.05) is 32.9 Å². The van der Waals surface area contributed by atoms with Gasteiger partial charge < -0.3 is 4.74 Å². The summed E-state index contributed by atoms with van der Waals surface area (Å²) in [5, 5.41) is 0. The smallest absolute Gasteiger partial charge is 0.416 e. The monoisotopic (exact) mass is 276 g/mol. The number of pyridine rings is 1. The van der Waals surface area contributed by atoms with Gasteiger partial charge in [-0.15, -0.1) is 0 Å². The molecule has 0 N–H and O–H groups in total. The van der Waals surface area contributed by atoms with Crippen LogP contribution in [0.2, 0.25) is 0 Å². The van der Waals surface area contributed by atoms with Gasteiger partial charge in [-0.2, -0.15) is 0 Å². The Hall–Kier alpha value is -1.58. The molecule has 110 valence electrons. The van der Waals surface area contributed by atoms with Crippen molar-refractivity contribution in [1.82, 2.24) is 4.98 Å². The lowest BCUT2D eigenvalue weighted by Gasteiger charge is -2.29. The molecule has 0 saturated carbocycles. The number of carbonyl (C=O) groups is 1. The second-order valence-corrected chi connectivity index (χ2v) is 6.82. The maximum atomic E-state index is 12.5. The van der Waals surface area contributed by atoms with Crippen molar-refractivity contribution in [2.75, 3.05) is 4.90 Å². The fourth-order valence-electron chi connectivity index (χ4n) is 2.60. The summed E-state index contributed by atoms with van der Waals surface area (Å²) in [7, 11) is 0. The van der Waals surface area contributed by atoms with Crippen LogP contribution in [0.1, 0.15) is 46.6 Å². The van der Waals surface area contributed by atoms with Crippen LogP contribution in [0.4, 0.5) is 10.6 Å². The third-order valence-corrected chi connectivity index (χ3v) is 3.25. The minimum atomic E-state index is -0.489. The maximum absolute atomic E-state index is 12.5. The number of fused-ring (bicyclic) bond motifs is 1. The largest absolute Gasteiger partial charge is 0.443 e. The van der Waals surface area contributed by atoms with Crippen molar-refractivity contribution in [3.8, 4) is 0 Å². The van der Waals surface area contributed by atoms with E-state index in [0.717, 1.165) is 24.2 Å². The van der Waals surface area contributed by atoms with Gasteiger partial charge in [-0.05, 0) is 51.2 Å². The first-order chi connectivity index (χ1) is 9.28. The summed E-state index contributed by atoms with van der Waals surface area (Å²) in [4.78, 5) is 18.6. The Morgan fingerprint density at radius 2 is 2.20 bits per heavy atom. The zero-order valence-corrected chi connectivity index (χ0v) is 13.0. The number of carbonyl (C=O) groups excluding carboxylic acids is 1. The van der Waals surface area contributed by atoms with Gasteiger partial charge in [0.05, 0.1) is 0 Å². The number of hydrogen-bond acceptors (Lipinski definition) is 3. The van der Waals surface area contributed by atoms with Crippen molar-refractivity contribution in [2.24, 2.45) is 5.92 Å². The van der Waals surface area contributed by atoms with Crippen LogP contribution in [0.25, 0.3) is 0 Å². The predicted molar refractivity (Wildman–Crippen MR) is 79.9 cm³/mol. The summed E-state index contributed by atoms with van der Waals surface area (Å²) < 4.78 is 5.54. The van der Waals surface area contributed by atoms with E-state index in [0.29, 0.717) is 5.92 Å². The highest BCUT2D eigenvalue weighted by atomic mass is 16.6. The van der Waals surface area contributed by atoms with Crippen molar-refractivity contribution in [2.45, 2.75) is 59.1 Å². The Labute approximate surface area is 121 Å². The molecule has 0 radical (unpaired) electrons. The molecular formula is C16H24N2O2. The van der Waals surface area contributed by atoms with Gasteiger partial charge in [0.25, 0.3) is 0 Å². The lowest BCUT2D eigenvalue weighted by molar-refractivity contribution is 0.0565. The van der Waals surface area contributed by atoms with Gasteiger partial charge in [0, 0.05) is 12.2 Å². The minimum absolute atomic E-state index is 0.148. The van der Waals surface area contributed by atoms with E-state index >= 15 is 0 Å². The molecule has 4 nitrogen and oxygen atoms in total. The number of nitrogens with zero attached hydrogens (tertiary/aromatic N) is 2. The lowest BCUT2D eigenvalue weighted by Crippen LogP contribution is -2.42. The Balaban J connectivity index is 2.27. The van der Waals surface area contributed by atoms with E-state index in [4.69, 9.17) is 4.74 Å². The number of rotatable bonds is 2. The van der Waals surface area contributed by atoms with Crippen LogP contribution in [-0.4, -0.2) is 22.7 Å². The molecule has 0 spiro atoms. The fraction of sp³-hybridized carbons (Fsp3) is 0.625. The van der Waals surface area contributed by atoms with Gasteiger partial charge in [-0.3, -0.25) is 4.90 Å². The highest BCUT2D eigenvalue weighted by Gasteiger charge is 2.37. The van der Waals surface area contributed by atoms with E-state index in [2.05, 4.69) is 18.8 Å². The molecular weight excluding hydrogens is 252 g/mol. The van der Waals surface area contributed by atoms with Gasteiger partial charge in [0.15, 0.2) is 0 Å². The summed E-state index contributed by atoms with van der Waals surface area (Å²) in [5.74, 6) is 1.28. The number of amides is 1. The molecule has 0 fully saturated rings. The standard InChI is InChI=1S/C16H24N2O2/c1-11(2)9-13-10-12-7-6-8-17-14(12)18(13)15(19)20-16(3,4)5/h6-8,11,13H,9-10H2,1-5H3. The molecule has 2 rings (SSSR count). The van der Waals surface area contributed by atoms with Crippen LogP contribution >= 0.6 is 0 Å². The fourth-order valence-corrected chi connectivity index (χ4v) is 2.60. The third-order valence-electron chi connectivity index (χ3n) is 3.25. The molecule has 0 aromatic carbocycles. The highest BCUT2D eigenvalue weighted by Crippen LogP contribution is 2.33. The Kier molecular flexibility index (Phi) is 4.02. The zero-order chi connectivity index (χ0) is 14.9. The normalized spacial score (nSPS) is 18.3. The molecule has 1 unspecified atom stereocenters. The molecule has 1 atom stereocenters. The van der Waals surface area contributed by atoms with Crippen molar-refractivity contribution in [3.63, 3.8) is 0 Å².